The molecule has 0 aliphatic heterocycles. The van der Waals surface area contributed by atoms with E-state index in [0.717, 1.165) is 16.2 Å². The van der Waals surface area contributed by atoms with Crippen LogP contribution in [0, 0.1) is 0 Å². The van der Waals surface area contributed by atoms with E-state index in [1.54, 1.807) is 36.4 Å². The Morgan fingerprint density at radius 2 is 2.24 bits per heavy atom. The number of thioether (sulfide) groups is 1. The summed E-state index contributed by atoms with van der Waals surface area (Å²) in [6.07, 6.45) is 3.31. The second kappa shape index (κ2) is 5.42. The van der Waals surface area contributed by atoms with Crippen molar-refractivity contribution in [2.75, 3.05) is 0 Å². The third kappa shape index (κ3) is 3.14. The first-order valence-electron chi connectivity index (χ1n) is 4.83. The summed E-state index contributed by atoms with van der Waals surface area (Å²) in [6, 6.07) is 7.20. The van der Waals surface area contributed by atoms with Crippen LogP contribution in [-0.2, 0) is 5.75 Å². The molecular weight excluding hydrogens is 304 g/mol. The second-order valence-electron chi connectivity index (χ2n) is 3.37. The van der Waals surface area contributed by atoms with Crippen molar-refractivity contribution in [3.05, 3.63) is 52.4 Å². The molecule has 0 atom stereocenters. The summed E-state index contributed by atoms with van der Waals surface area (Å²) in [5.41, 5.74) is 1.36. The lowest BCUT2D eigenvalue weighted by Gasteiger charge is -2.03. The minimum absolute atomic E-state index is 0.280. The van der Waals surface area contributed by atoms with Gasteiger partial charge in [0.1, 0.15) is 0 Å². The van der Waals surface area contributed by atoms with Crippen LogP contribution >= 0.6 is 27.7 Å². The van der Waals surface area contributed by atoms with Gasteiger partial charge in [0.2, 0.25) is 0 Å². The molecule has 0 amide bonds. The SMILES string of the molecule is O=C(O)c1cc(SCc2ccoc2)ccc1Br. The minimum Gasteiger partial charge on any atom is -0.478 e. The Morgan fingerprint density at radius 1 is 1.41 bits per heavy atom. The number of halogens is 1. The molecule has 0 fully saturated rings. The van der Waals surface area contributed by atoms with E-state index in [-0.39, 0.29) is 5.56 Å². The van der Waals surface area contributed by atoms with Gasteiger partial charge in [-0.05, 0) is 40.2 Å². The van der Waals surface area contributed by atoms with Gasteiger partial charge in [0.15, 0.2) is 0 Å². The molecule has 5 heteroatoms. The summed E-state index contributed by atoms with van der Waals surface area (Å²) < 4.78 is 5.56. The van der Waals surface area contributed by atoms with Gasteiger partial charge < -0.3 is 9.52 Å². The van der Waals surface area contributed by atoms with Crippen LogP contribution in [-0.4, -0.2) is 11.1 Å². The Hall–Kier alpha value is -1.20. The number of rotatable bonds is 4. The first-order valence-corrected chi connectivity index (χ1v) is 6.61. The monoisotopic (exact) mass is 312 g/mol. The van der Waals surface area contributed by atoms with Crippen LogP contribution in [0.4, 0.5) is 0 Å². The highest BCUT2D eigenvalue weighted by Gasteiger charge is 2.09. The van der Waals surface area contributed by atoms with Gasteiger partial charge in [-0.15, -0.1) is 11.8 Å². The van der Waals surface area contributed by atoms with Crippen LogP contribution in [0.25, 0.3) is 0 Å². The van der Waals surface area contributed by atoms with Crippen LogP contribution in [0.5, 0.6) is 0 Å². The molecule has 3 nitrogen and oxygen atoms in total. The molecule has 2 aromatic rings. The average molecular weight is 313 g/mol. The van der Waals surface area contributed by atoms with Crippen molar-refractivity contribution in [3.63, 3.8) is 0 Å². The van der Waals surface area contributed by atoms with Crippen LogP contribution < -0.4 is 0 Å². The topological polar surface area (TPSA) is 50.4 Å². The van der Waals surface area contributed by atoms with E-state index < -0.39 is 5.97 Å². The molecule has 0 bridgehead atoms. The van der Waals surface area contributed by atoms with Gasteiger partial charge in [-0.3, -0.25) is 0 Å². The van der Waals surface area contributed by atoms with Crippen molar-refractivity contribution in [2.45, 2.75) is 10.6 Å². The number of furan rings is 1. The van der Waals surface area contributed by atoms with Crippen molar-refractivity contribution in [1.29, 1.82) is 0 Å². The standard InChI is InChI=1S/C12H9BrO3S/c13-11-2-1-9(5-10(11)12(14)15)17-7-8-3-4-16-6-8/h1-6H,7H2,(H,14,15). The number of carbonyl (C=O) groups is 1. The average Bonchev–Trinajstić information content (AvgIpc) is 2.80. The van der Waals surface area contributed by atoms with E-state index in [0.29, 0.717) is 4.47 Å². The van der Waals surface area contributed by atoms with Crippen molar-refractivity contribution < 1.29 is 14.3 Å². The zero-order chi connectivity index (χ0) is 12.3. The lowest BCUT2D eigenvalue weighted by atomic mass is 10.2. The third-order valence-corrected chi connectivity index (χ3v) is 3.91. The quantitative estimate of drug-likeness (QED) is 0.866. The predicted molar refractivity (Wildman–Crippen MR) is 69.4 cm³/mol. The molecule has 0 aliphatic rings. The van der Waals surface area contributed by atoms with E-state index in [1.807, 2.05) is 12.1 Å². The predicted octanol–water partition coefficient (Wildman–Crippen LogP) is 4.03. The molecular formula is C12H9BrO3S. The highest BCUT2D eigenvalue weighted by molar-refractivity contribution is 9.10. The van der Waals surface area contributed by atoms with Gasteiger partial charge >= 0.3 is 5.97 Å². The molecule has 0 unspecified atom stereocenters. The van der Waals surface area contributed by atoms with Gasteiger partial charge in [0, 0.05) is 20.7 Å². The first kappa shape index (κ1) is 12.3. The molecule has 0 saturated carbocycles. The molecule has 1 heterocycles. The van der Waals surface area contributed by atoms with E-state index in [9.17, 15) is 4.79 Å². The van der Waals surface area contributed by atoms with Crippen LogP contribution in [0.1, 0.15) is 15.9 Å². The van der Waals surface area contributed by atoms with Gasteiger partial charge in [-0.1, -0.05) is 0 Å². The molecule has 0 saturated heterocycles. The Morgan fingerprint density at radius 3 is 2.88 bits per heavy atom. The summed E-state index contributed by atoms with van der Waals surface area (Å²) in [7, 11) is 0. The Balaban J connectivity index is 2.11. The van der Waals surface area contributed by atoms with E-state index in [4.69, 9.17) is 9.52 Å². The molecule has 88 valence electrons. The molecule has 2 rings (SSSR count). The molecule has 1 aromatic carbocycles. The number of aromatic carboxylic acids is 1. The van der Waals surface area contributed by atoms with Crippen molar-refractivity contribution in [3.8, 4) is 0 Å². The highest BCUT2D eigenvalue weighted by Crippen LogP contribution is 2.27. The van der Waals surface area contributed by atoms with Crippen molar-refractivity contribution in [1.82, 2.24) is 0 Å². The van der Waals surface area contributed by atoms with Gasteiger partial charge in [-0.2, -0.15) is 0 Å². The van der Waals surface area contributed by atoms with Gasteiger partial charge in [-0.25, -0.2) is 4.79 Å². The maximum absolute atomic E-state index is 11.0. The van der Waals surface area contributed by atoms with Gasteiger partial charge in [0.05, 0.1) is 18.1 Å². The van der Waals surface area contributed by atoms with Crippen LogP contribution in [0.2, 0.25) is 0 Å². The van der Waals surface area contributed by atoms with E-state index in [1.165, 1.54) is 0 Å². The summed E-state index contributed by atoms with van der Waals surface area (Å²) in [5, 5.41) is 8.99. The maximum atomic E-state index is 11.0. The third-order valence-electron chi connectivity index (χ3n) is 2.15. The fourth-order valence-corrected chi connectivity index (χ4v) is 2.58. The lowest BCUT2D eigenvalue weighted by Crippen LogP contribution is -1.97. The van der Waals surface area contributed by atoms with Crippen LogP contribution in [0.15, 0.2) is 50.6 Å². The molecule has 0 aliphatic carbocycles. The van der Waals surface area contributed by atoms with Crippen molar-refractivity contribution in [2.24, 2.45) is 0 Å². The first-order chi connectivity index (χ1) is 8.16. The smallest absolute Gasteiger partial charge is 0.336 e. The molecule has 1 N–H and O–H groups in total. The van der Waals surface area contributed by atoms with Gasteiger partial charge in [0.25, 0.3) is 0 Å². The zero-order valence-electron chi connectivity index (χ0n) is 8.72. The number of hydrogen-bond acceptors (Lipinski definition) is 3. The fourth-order valence-electron chi connectivity index (χ4n) is 1.30. The second-order valence-corrected chi connectivity index (χ2v) is 5.27. The molecule has 1 aromatic heterocycles. The summed E-state index contributed by atoms with van der Waals surface area (Å²) >= 11 is 4.79. The largest absolute Gasteiger partial charge is 0.478 e. The number of benzene rings is 1. The van der Waals surface area contributed by atoms with E-state index >= 15 is 0 Å². The summed E-state index contributed by atoms with van der Waals surface area (Å²) in [4.78, 5) is 11.9. The number of hydrogen-bond donors (Lipinski definition) is 1. The van der Waals surface area contributed by atoms with E-state index in [2.05, 4.69) is 15.9 Å². The Labute approximate surface area is 111 Å². The fraction of sp³-hybridized carbons (Fsp3) is 0.0833. The number of carboxylic acids is 1. The Bertz CT molecular complexity index is 523. The maximum Gasteiger partial charge on any atom is 0.336 e. The summed E-state index contributed by atoms with van der Waals surface area (Å²) in [5.74, 6) is -0.167. The van der Waals surface area contributed by atoms with Crippen LogP contribution in [0.3, 0.4) is 0 Å². The lowest BCUT2D eigenvalue weighted by molar-refractivity contribution is 0.0695. The zero-order valence-corrected chi connectivity index (χ0v) is 11.1. The minimum atomic E-state index is -0.928. The number of carboxylic acid groups (broad SMARTS) is 1. The molecule has 17 heavy (non-hydrogen) atoms. The normalized spacial score (nSPS) is 10.4. The Kier molecular flexibility index (Phi) is 3.91. The summed E-state index contributed by atoms with van der Waals surface area (Å²) in [6.45, 7) is 0. The highest BCUT2D eigenvalue weighted by atomic mass is 79.9. The van der Waals surface area contributed by atoms with Crippen molar-refractivity contribution >= 4 is 33.7 Å². The molecule has 0 radical (unpaired) electrons. The molecule has 0 spiro atoms.